The van der Waals surface area contributed by atoms with Gasteiger partial charge in [-0.3, -0.25) is 0 Å². The number of hydrogen-bond donors (Lipinski definition) is 2. The number of carbonyl (C=O) groups is 1. The highest BCUT2D eigenvalue weighted by Crippen LogP contribution is 2.38. The average Bonchev–Trinajstić information content (AvgIpc) is 2.92. The van der Waals surface area contributed by atoms with Crippen LogP contribution in [0, 0.1) is 5.92 Å². The van der Waals surface area contributed by atoms with Gasteiger partial charge in [-0.25, -0.2) is 4.79 Å². The predicted molar refractivity (Wildman–Crippen MR) is 92.6 cm³/mol. The van der Waals surface area contributed by atoms with Gasteiger partial charge in [-0.2, -0.15) is 0 Å². The van der Waals surface area contributed by atoms with Gasteiger partial charge < -0.3 is 15.2 Å². The fourth-order valence-electron chi connectivity index (χ4n) is 3.04. The van der Waals surface area contributed by atoms with Crippen LogP contribution in [0.5, 0.6) is 0 Å². The van der Waals surface area contributed by atoms with E-state index in [1.165, 1.54) is 6.42 Å². The predicted octanol–water partition coefficient (Wildman–Crippen LogP) is 3.37. The quantitative estimate of drug-likeness (QED) is 0.871. The molecule has 0 spiro atoms. The molecule has 1 fully saturated rings. The number of halogens is 1. The van der Waals surface area contributed by atoms with Gasteiger partial charge in [0.15, 0.2) is 5.82 Å². The number of benzene rings is 1. The minimum Gasteiger partial charge on any atom is -0.331 e. The normalized spacial score (nSPS) is 17.0. The van der Waals surface area contributed by atoms with E-state index in [1.54, 1.807) is 10.9 Å². The summed E-state index contributed by atoms with van der Waals surface area (Å²) in [6.45, 7) is 1.89. The number of amides is 2. The fraction of sp³-hybridized carbons (Fsp3) is 0.471. The molecule has 2 aromatic rings. The van der Waals surface area contributed by atoms with Crippen LogP contribution in [0.15, 0.2) is 30.6 Å². The number of rotatable bonds is 5. The maximum Gasteiger partial charge on any atom is 0.315 e. The van der Waals surface area contributed by atoms with Crippen molar-refractivity contribution in [1.82, 2.24) is 25.4 Å². The van der Waals surface area contributed by atoms with Crippen LogP contribution in [0.25, 0.3) is 0 Å². The van der Waals surface area contributed by atoms with E-state index in [2.05, 4.69) is 20.8 Å². The lowest BCUT2D eigenvalue weighted by Crippen LogP contribution is -2.43. The number of aryl methyl sites for hydroxylation is 1. The van der Waals surface area contributed by atoms with E-state index < -0.39 is 0 Å². The van der Waals surface area contributed by atoms with E-state index >= 15 is 0 Å². The largest absolute Gasteiger partial charge is 0.331 e. The molecule has 2 atom stereocenters. The lowest BCUT2D eigenvalue weighted by molar-refractivity contribution is 0.205. The molecule has 1 saturated carbocycles. The van der Waals surface area contributed by atoms with Crippen molar-refractivity contribution >= 4 is 17.6 Å². The smallest absolute Gasteiger partial charge is 0.315 e. The van der Waals surface area contributed by atoms with Gasteiger partial charge in [-0.05, 0) is 43.4 Å². The molecule has 2 amide bonds. The van der Waals surface area contributed by atoms with Crippen LogP contribution in [0.2, 0.25) is 5.02 Å². The second-order valence-electron chi connectivity index (χ2n) is 6.36. The molecule has 0 aliphatic heterocycles. The molecule has 1 aromatic heterocycles. The first-order chi connectivity index (χ1) is 11.5. The summed E-state index contributed by atoms with van der Waals surface area (Å²) in [4.78, 5) is 12.4. The minimum absolute atomic E-state index is 0.00251. The lowest BCUT2D eigenvalue weighted by atomic mass is 9.77. The molecule has 3 rings (SSSR count). The molecule has 1 aliphatic rings. The molecule has 1 heterocycles. The Morgan fingerprint density at radius 3 is 2.54 bits per heavy atom. The van der Waals surface area contributed by atoms with Crippen LogP contribution >= 0.6 is 11.6 Å². The molecule has 0 unspecified atom stereocenters. The number of nitrogens with zero attached hydrogens (tertiary/aromatic N) is 3. The molecule has 0 bridgehead atoms. The molecule has 1 aliphatic carbocycles. The van der Waals surface area contributed by atoms with Crippen molar-refractivity contribution in [2.45, 2.75) is 38.3 Å². The maximum absolute atomic E-state index is 12.4. The van der Waals surface area contributed by atoms with Crippen LogP contribution in [0.3, 0.4) is 0 Å². The van der Waals surface area contributed by atoms with Gasteiger partial charge in [-0.1, -0.05) is 30.2 Å². The molecular weight excluding hydrogens is 326 g/mol. The Bertz CT molecular complexity index is 695. The molecule has 7 heteroatoms. The van der Waals surface area contributed by atoms with Crippen LogP contribution in [-0.4, -0.2) is 20.8 Å². The number of nitrogens with one attached hydrogen (secondary N) is 2. The summed E-state index contributed by atoms with van der Waals surface area (Å²) in [6, 6.07) is 7.29. The Morgan fingerprint density at radius 1 is 1.29 bits per heavy atom. The summed E-state index contributed by atoms with van der Waals surface area (Å²) < 4.78 is 1.80. The Labute approximate surface area is 146 Å². The SMILES string of the molecule is C[C@H](NC(=O)N[C@H](c1ccc(Cl)cc1)C1CCC1)c1nncn1C. The molecule has 128 valence electrons. The summed E-state index contributed by atoms with van der Waals surface area (Å²) in [7, 11) is 1.86. The Balaban J connectivity index is 1.67. The first-order valence-electron chi connectivity index (χ1n) is 8.21. The molecule has 2 N–H and O–H groups in total. The molecule has 0 saturated heterocycles. The molecule has 6 nitrogen and oxygen atoms in total. The average molecular weight is 348 g/mol. The van der Waals surface area contributed by atoms with E-state index in [0.29, 0.717) is 10.9 Å². The highest BCUT2D eigenvalue weighted by Gasteiger charge is 2.30. The van der Waals surface area contributed by atoms with E-state index in [9.17, 15) is 4.79 Å². The lowest BCUT2D eigenvalue weighted by Gasteiger charge is -2.35. The van der Waals surface area contributed by atoms with Gasteiger partial charge >= 0.3 is 6.03 Å². The third-order valence-corrected chi connectivity index (χ3v) is 4.87. The zero-order valence-electron chi connectivity index (χ0n) is 13.9. The Hall–Kier alpha value is -2.08. The van der Waals surface area contributed by atoms with Gasteiger partial charge in [0.1, 0.15) is 6.33 Å². The van der Waals surface area contributed by atoms with Gasteiger partial charge in [0.2, 0.25) is 0 Å². The number of aromatic nitrogens is 3. The monoisotopic (exact) mass is 347 g/mol. The topological polar surface area (TPSA) is 71.8 Å². The number of hydrogen-bond acceptors (Lipinski definition) is 3. The van der Waals surface area contributed by atoms with Crippen molar-refractivity contribution in [2.24, 2.45) is 13.0 Å². The number of carbonyl (C=O) groups excluding carboxylic acids is 1. The van der Waals surface area contributed by atoms with E-state index in [0.717, 1.165) is 24.2 Å². The third kappa shape index (κ3) is 3.70. The highest BCUT2D eigenvalue weighted by molar-refractivity contribution is 6.30. The van der Waals surface area contributed by atoms with Gasteiger partial charge in [0.05, 0.1) is 12.1 Å². The van der Waals surface area contributed by atoms with Crippen molar-refractivity contribution in [2.75, 3.05) is 0 Å². The highest BCUT2D eigenvalue weighted by atomic mass is 35.5. The van der Waals surface area contributed by atoms with Crippen LogP contribution in [-0.2, 0) is 7.05 Å². The molecule has 24 heavy (non-hydrogen) atoms. The maximum atomic E-state index is 12.4. The zero-order valence-corrected chi connectivity index (χ0v) is 14.6. The van der Waals surface area contributed by atoms with E-state index in [4.69, 9.17) is 11.6 Å². The summed E-state index contributed by atoms with van der Waals surface area (Å²) in [6.07, 6.45) is 5.10. The summed E-state index contributed by atoms with van der Waals surface area (Å²) >= 11 is 5.98. The van der Waals surface area contributed by atoms with Crippen molar-refractivity contribution in [1.29, 1.82) is 0 Å². The Kier molecular flexibility index (Phi) is 5.04. The summed E-state index contributed by atoms with van der Waals surface area (Å²) in [5, 5.41) is 14.6. The van der Waals surface area contributed by atoms with Gasteiger partial charge in [0.25, 0.3) is 0 Å². The number of urea groups is 1. The van der Waals surface area contributed by atoms with Crippen LogP contribution < -0.4 is 10.6 Å². The second kappa shape index (κ2) is 7.21. The standard InChI is InChI=1S/C17H22ClN5O/c1-11(16-22-19-10-23(16)2)20-17(24)21-15(12-4-3-5-12)13-6-8-14(18)9-7-13/h6-12,15H,3-5H2,1-2H3,(H2,20,21,24)/t11-,15-/m0/s1. The van der Waals surface area contributed by atoms with Crippen molar-refractivity contribution in [3.8, 4) is 0 Å². The second-order valence-corrected chi connectivity index (χ2v) is 6.80. The Morgan fingerprint density at radius 2 is 2.00 bits per heavy atom. The molecular formula is C17H22ClN5O. The molecule has 1 aromatic carbocycles. The summed E-state index contributed by atoms with van der Waals surface area (Å²) in [5.74, 6) is 1.19. The van der Waals surface area contributed by atoms with Gasteiger partial charge in [0, 0.05) is 12.1 Å². The third-order valence-electron chi connectivity index (χ3n) is 4.62. The van der Waals surface area contributed by atoms with Crippen molar-refractivity contribution < 1.29 is 4.79 Å². The first kappa shape index (κ1) is 16.8. The van der Waals surface area contributed by atoms with E-state index in [1.807, 2.05) is 38.2 Å². The van der Waals surface area contributed by atoms with Crippen LogP contribution in [0.1, 0.15) is 49.7 Å². The summed E-state index contributed by atoms with van der Waals surface area (Å²) in [5.41, 5.74) is 1.09. The van der Waals surface area contributed by atoms with E-state index in [-0.39, 0.29) is 18.1 Å². The first-order valence-corrected chi connectivity index (χ1v) is 8.59. The zero-order chi connectivity index (χ0) is 17.1. The van der Waals surface area contributed by atoms with Crippen LogP contribution in [0.4, 0.5) is 4.79 Å². The van der Waals surface area contributed by atoms with Crippen molar-refractivity contribution in [3.05, 3.63) is 47.0 Å². The van der Waals surface area contributed by atoms with Gasteiger partial charge in [-0.15, -0.1) is 10.2 Å². The fourth-order valence-corrected chi connectivity index (χ4v) is 3.17. The molecule has 0 radical (unpaired) electrons. The minimum atomic E-state index is -0.218. The van der Waals surface area contributed by atoms with Crippen molar-refractivity contribution in [3.63, 3.8) is 0 Å².